The first kappa shape index (κ1) is 43.9. The normalized spacial score (nSPS) is 21.9. The van der Waals surface area contributed by atoms with E-state index in [0.29, 0.717) is 19.4 Å². The minimum atomic E-state index is -1.13. The molecule has 0 spiro atoms. The summed E-state index contributed by atoms with van der Waals surface area (Å²) >= 11 is 0. The monoisotopic (exact) mass is 743 g/mol. The molecular weight excluding hydrogens is 678 g/mol. The summed E-state index contributed by atoms with van der Waals surface area (Å²) in [5.41, 5.74) is 0.788. The minimum Gasteiger partial charge on any atom is -0.480 e. The van der Waals surface area contributed by atoms with Crippen molar-refractivity contribution in [2.75, 3.05) is 41.4 Å². The van der Waals surface area contributed by atoms with Gasteiger partial charge in [-0.25, -0.2) is 4.79 Å². The third-order valence-electron chi connectivity index (χ3n) is 11.5. The van der Waals surface area contributed by atoms with Crippen LogP contribution in [-0.2, 0) is 39.9 Å². The van der Waals surface area contributed by atoms with Crippen LogP contribution in [0.1, 0.15) is 85.1 Å². The molecule has 2 aliphatic heterocycles. The van der Waals surface area contributed by atoms with Crippen LogP contribution in [0.5, 0.6) is 0 Å². The van der Waals surface area contributed by atoms with Crippen molar-refractivity contribution in [3.8, 4) is 0 Å². The average molecular weight is 744 g/mol. The molecular formula is C40H65N5O8. The van der Waals surface area contributed by atoms with Gasteiger partial charge in [-0.1, -0.05) is 77.8 Å². The predicted molar refractivity (Wildman–Crippen MR) is 203 cm³/mol. The molecule has 0 aliphatic carbocycles. The molecule has 2 saturated heterocycles. The zero-order chi connectivity index (χ0) is 39.4. The molecule has 4 amide bonds. The minimum absolute atomic E-state index is 0.000372. The fourth-order valence-corrected chi connectivity index (χ4v) is 8.05. The van der Waals surface area contributed by atoms with Crippen molar-refractivity contribution in [3.05, 3.63) is 35.9 Å². The first-order valence-corrected chi connectivity index (χ1v) is 19.4. The number of ether oxygens (including phenoxy) is 2. The van der Waals surface area contributed by atoms with Gasteiger partial charge in [0.15, 0.2) is 0 Å². The highest BCUT2D eigenvalue weighted by molar-refractivity contribution is 5.90. The van der Waals surface area contributed by atoms with Gasteiger partial charge in [0.1, 0.15) is 12.1 Å². The van der Waals surface area contributed by atoms with E-state index in [0.717, 1.165) is 37.8 Å². The van der Waals surface area contributed by atoms with Crippen molar-refractivity contribution in [3.63, 3.8) is 0 Å². The summed E-state index contributed by atoms with van der Waals surface area (Å²) < 4.78 is 11.9. The number of piperidine rings is 1. The summed E-state index contributed by atoms with van der Waals surface area (Å²) in [7, 11) is 6.72. The van der Waals surface area contributed by atoms with Crippen molar-refractivity contribution >= 4 is 29.6 Å². The number of nitrogens with one attached hydrogen (secondary N) is 2. The molecule has 0 saturated carbocycles. The number of likely N-dealkylation sites (N-methyl/N-ethyl adjacent to an activating group) is 2. The van der Waals surface area contributed by atoms with Gasteiger partial charge in [0.05, 0.1) is 42.7 Å². The van der Waals surface area contributed by atoms with Gasteiger partial charge in [-0.05, 0) is 56.7 Å². The molecule has 3 N–H and O–H groups in total. The molecule has 0 radical (unpaired) electrons. The topological polar surface area (TPSA) is 158 Å². The summed E-state index contributed by atoms with van der Waals surface area (Å²) in [5, 5.41) is 15.6. The number of hydrogen-bond acceptors (Lipinski definition) is 8. The Morgan fingerprint density at radius 3 is 2.19 bits per heavy atom. The standard InChI is InChI=1S/C40H65N5O8/c1-10-26(4)35(44(7)39(49)34(25(2)3)42-38(48)31-19-14-15-21-43(31)6)32(52-8)24-33(46)45-22-16-20-30(45)36(53-9)27(5)37(47)41-29(40(50)51)23-28-17-12-11-13-18-28/h11-13,17-18,25-27,29-32,34-36H,10,14-16,19-24H2,1-9H3,(H,41,47)(H,42,48)(H,50,51)/t26-,27+,29-,30-,31?,32+,34-,35-,36+/m0/s1. The Morgan fingerprint density at radius 1 is 0.943 bits per heavy atom. The number of hydrogen-bond donors (Lipinski definition) is 3. The smallest absolute Gasteiger partial charge is 0.326 e. The molecule has 298 valence electrons. The van der Waals surface area contributed by atoms with Crippen LogP contribution in [-0.4, -0.2) is 133 Å². The Bertz CT molecular complexity index is 1360. The van der Waals surface area contributed by atoms with Gasteiger partial charge in [-0.2, -0.15) is 0 Å². The molecule has 9 atom stereocenters. The van der Waals surface area contributed by atoms with Gasteiger partial charge in [-0.15, -0.1) is 0 Å². The number of nitrogens with zero attached hydrogens (tertiary/aromatic N) is 3. The lowest BCUT2D eigenvalue weighted by molar-refractivity contribution is -0.148. The Hall–Kier alpha value is -3.55. The number of benzene rings is 1. The maximum absolute atomic E-state index is 14.2. The highest BCUT2D eigenvalue weighted by Gasteiger charge is 2.43. The quantitative estimate of drug-likeness (QED) is 0.193. The van der Waals surface area contributed by atoms with Crippen molar-refractivity contribution in [2.24, 2.45) is 17.8 Å². The molecule has 13 heteroatoms. The Labute approximate surface area is 316 Å². The molecule has 2 aliphatic rings. The number of carboxylic acid groups (broad SMARTS) is 1. The highest BCUT2D eigenvalue weighted by atomic mass is 16.5. The van der Waals surface area contributed by atoms with Gasteiger partial charge < -0.3 is 35.0 Å². The van der Waals surface area contributed by atoms with Gasteiger partial charge in [0.25, 0.3) is 0 Å². The summed E-state index contributed by atoms with van der Waals surface area (Å²) in [5.74, 6) is -3.08. The Balaban J connectivity index is 1.75. The van der Waals surface area contributed by atoms with Crippen molar-refractivity contribution < 1.29 is 38.6 Å². The van der Waals surface area contributed by atoms with Crippen molar-refractivity contribution in [1.82, 2.24) is 25.3 Å². The fourth-order valence-electron chi connectivity index (χ4n) is 8.05. The summed E-state index contributed by atoms with van der Waals surface area (Å²) in [6, 6.07) is 6.10. The van der Waals surface area contributed by atoms with Gasteiger partial charge in [0.2, 0.25) is 23.6 Å². The Morgan fingerprint density at radius 2 is 1.62 bits per heavy atom. The number of carbonyl (C=O) groups excluding carboxylic acids is 4. The number of aliphatic carboxylic acids is 1. The molecule has 0 aromatic heterocycles. The van der Waals surface area contributed by atoms with Crippen LogP contribution >= 0.6 is 0 Å². The van der Waals surface area contributed by atoms with Crippen LogP contribution in [0, 0.1) is 17.8 Å². The lowest BCUT2D eigenvalue weighted by Gasteiger charge is -2.41. The average Bonchev–Trinajstić information content (AvgIpc) is 3.63. The zero-order valence-electron chi connectivity index (χ0n) is 33.4. The lowest BCUT2D eigenvalue weighted by Crippen LogP contribution is -2.59. The number of carboxylic acids is 1. The molecule has 53 heavy (non-hydrogen) atoms. The van der Waals surface area contributed by atoms with Crippen LogP contribution in [0.4, 0.5) is 0 Å². The highest BCUT2D eigenvalue weighted by Crippen LogP contribution is 2.30. The van der Waals surface area contributed by atoms with Crippen LogP contribution in [0.25, 0.3) is 0 Å². The number of carbonyl (C=O) groups is 5. The van der Waals surface area contributed by atoms with Crippen LogP contribution in [0.3, 0.4) is 0 Å². The van der Waals surface area contributed by atoms with E-state index < -0.39 is 54.2 Å². The van der Waals surface area contributed by atoms with E-state index in [-0.39, 0.29) is 48.4 Å². The molecule has 13 nitrogen and oxygen atoms in total. The van der Waals surface area contributed by atoms with Gasteiger partial charge in [-0.3, -0.25) is 24.1 Å². The van der Waals surface area contributed by atoms with E-state index in [1.165, 1.54) is 7.11 Å². The third kappa shape index (κ3) is 11.5. The van der Waals surface area contributed by atoms with Crippen LogP contribution in [0.15, 0.2) is 30.3 Å². The summed E-state index contributed by atoms with van der Waals surface area (Å²) in [6.45, 7) is 10.9. The zero-order valence-corrected chi connectivity index (χ0v) is 33.4. The maximum atomic E-state index is 14.2. The van der Waals surface area contributed by atoms with Crippen LogP contribution in [0.2, 0.25) is 0 Å². The Kier molecular flexibility index (Phi) is 17.2. The molecule has 2 heterocycles. The number of rotatable bonds is 19. The van der Waals surface area contributed by atoms with Crippen molar-refractivity contribution in [1.29, 1.82) is 0 Å². The van der Waals surface area contributed by atoms with E-state index in [2.05, 4.69) is 10.6 Å². The fraction of sp³-hybridized carbons (Fsp3) is 0.725. The number of methoxy groups -OCH3 is 2. The molecule has 3 rings (SSSR count). The van der Waals surface area contributed by atoms with E-state index in [9.17, 15) is 29.1 Å². The number of likely N-dealkylation sites (tertiary alicyclic amines) is 2. The van der Waals surface area contributed by atoms with E-state index >= 15 is 0 Å². The largest absolute Gasteiger partial charge is 0.480 e. The molecule has 0 bridgehead atoms. The van der Waals surface area contributed by atoms with E-state index in [1.54, 1.807) is 30.9 Å². The first-order valence-electron chi connectivity index (χ1n) is 19.4. The molecule has 1 aromatic carbocycles. The van der Waals surface area contributed by atoms with E-state index in [1.807, 2.05) is 70.0 Å². The van der Waals surface area contributed by atoms with Crippen molar-refractivity contribution in [2.45, 2.75) is 128 Å². The first-order chi connectivity index (χ1) is 25.2. The van der Waals surface area contributed by atoms with Gasteiger partial charge in [0, 0.05) is 34.2 Å². The van der Waals surface area contributed by atoms with Crippen LogP contribution < -0.4 is 10.6 Å². The van der Waals surface area contributed by atoms with Gasteiger partial charge >= 0.3 is 5.97 Å². The molecule has 1 aromatic rings. The lowest BCUT2D eigenvalue weighted by atomic mass is 9.89. The SMILES string of the molecule is CC[C@H](C)[C@@H]([C@@H](CC(=O)N1CCC[C@H]1[C@H](OC)[C@@H](C)C(=O)N[C@@H](Cc1ccccc1)C(=O)O)OC)N(C)C(=O)[C@@H](NC(=O)C1CCCCN1C)C(C)C. The second-order valence-electron chi connectivity index (χ2n) is 15.4. The molecule has 1 unspecified atom stereocenters. The predicted octanol–water partition coefficient (Wildman–Crippen LogP) is 3.34. The summed E-state index contributed by atoms with van der Waals surface area (Å²) in [4.78, 5) is 72.8. The molecule has 2 fully saturated rings. The third-order valence-corrected chi connectivity index (χ3v) is 11.5. The maximum Gasteiger partial charge on any atom is 0.326 e. The second kappa shape index (κ2) is 20.8. The second-order valence-corrected chi connectivity index (χ2v) is 15.4. The number of amides is 4. The summed E-state index contributed by atoms with van der Waals surface area (Å²) in [6.07, 6.45) is 3.64. The van der Waals surface area contributed by atoms with E-state index in [4.69, 9.17) is 9.47 Å².